The summed E-state index contributed by atoms with van der Waals surface area (Å²) in [7, 11) is 0. The molecule has 0 aliphatic heterocycles. The van der Waals surface area contributed by atoms with Crippen molar-refractivity contribution in [3.05, 3.63) is 43.8 Å². The normalized spacial score (nSPS) is 17.0. The minimum absolute atomic E-state index is 0.119. The number of carbonyl (C=O) groups is 1. The lowest BCUT2D eigenvalue weighted by Crippen LogP contribution is -2.17. The van der Waals surface area contributed by atoms with Crippen LogP contribution in [0, 0.1) is 0 Å². The van der Waals surface area contributed by atoms with E-state index in [1.165, 1.54) is 22.7 Å². The van der Waals surface area contributed by atoms with Gasteiger partial charge in [0.2, 0.25) is 0 Å². The first-order valence-corrected chi connectivity index (χ1v) is 9.14. The number of Topliss-reactive ketones (excluding diaryl/α,β-unsaturated/α-hetero) is 1. The Morgan fingerprint density at radius 3 is 1.55 bits per heavy atom. The van der Waals surface area contributed by atoms with Gasteiger partial charge in [-0.25, -0.2) is 0 Å². The van der Waals surface area contributed by atoms with E-state index in [0.29, 0.717) is 0 Å². The van der Waals surface area contributed by atoms with Crippen LogP contribution in [0.3, 0.4) is 0 Å². The zero-order valence-electron chi connectivity index (χ0n) is 13.2. The number of thiophene rings is 2. The fourth-order valence-corrected chi connectivity index (χ4v) is 4.80. The van der Waals surface area contributed by atoms with Gasteiger partial charge in [0.15, 0.2) is 0 Å². The second-order valence-electron chi connectivity index (χ2n) is 5.68. The summed E-state index contributed by atoms with van der Waals surface area (Å²) in [6.45, 7) is 7.23. The lowest BCUT2D eigenvalue weighted by Gasteiger charge is -2.18. The smallest absolute Gasteiger partial charge is 0.148 e. The van der Waals surface area contributed by atoms with Crippen LogP contribution in [0.25, 0.3) is 0 Å². The van der Waals surface area contributed by atoms with Crippen molar-refractivity contribution in [1.29, 1.82) is 0 Å². The van der Waals surface area contributed by atoms with Gasteiger partial charge >= 0.3 is 0 Å². The third-order valence-corrected chi connectivity index (χ3v) is 6.23. The summed E-state index contributed by atoms with van der Waals surface area (Å²) in [6, 6.07) is 3.76. The monoisotopic (exact) mass is 338 g/mol. The van der Waals surface area contributed by atoms with Crippen molar-refractivity contribution in [3.8, 4) is 0 Å². The number of aliphatic hydroxyl groups excluding tert-OH is 2. The molecule has 0 saturated carbocycles. The predicted molar refractivity (Wildman–Crippen MR) is 91.7 cm³/mol. The molecule has 0 aromatic carbocycles. The largest absolute Gasteiger partial charge is 0.389 e. The van der Waals surface area contributed by atoms with Crippen LogP contribution in [0.5, 0.6) is 0 Å². The Hall–Kier alpha value is -1.01. The van der Waals surface area contributed by atoms with E-state index >= 15 is 0 Å². The molecule has 0 aliphatic rings. The Morgan fingerprint density at radius 1 is 0.864 bits per heavy atom. The van der Waals surface area contributed by atoms with Crippen molar-refractivity contribution < 1.29 is 15.0 Å². The molecule has 22 heavy (non-hydrogen) atoms. The van der Waals surface area contributed by atoms with Crippen LogP contribution in [0.1, 0.15) is 72.6 Å². The molecule has 4 atom stereocenters. The molecule has 2 heterocycles. The molecule has 2 aromatic heterocycles. The zero-order valence-corrected chi connectivity index (χ0v) is 14.9. The van der Waals surface area contributed by atoms with Crippen molar-refractivity contribution in [1.82, 2.24) is 0 Å². The van der Waals surface area contributed by atoms with Gasteiger partial charge in [0, 0.05) is 9.75 Å². The molecule has 0 saturated heterocycles. The van der Waals surface area contributed by atoms with Crippen LogP contribution >= 0.6 is 22.7 Å². The third kappa shape index (κ3) is 3.33. The molecule has 0 radical (unpaired) electrons. The van der Waals surface area contributed by atoms with Crippen molar-refractivity contribution in [2.75, 3.05) is 0 Å². The van der Waals surface area contributed by atoms with Crippen LogP contribution in [0.15, 0.2) is 22.9 Å². The van der Waals surface area contributed by atoms with Gasteiger partial charge in [-0.3, -0.25) is 4.79 Å². The maximum Gasteiger partial charge on any atom is 0.148 e. The quantitative estimate of drug-likeness (QED) is 0.821. The van der Waals surface area contributed by atoms with E-state index in [-0.39, 0.29) is 17.6 Å². The number of rotatable bonds is 6. The maximum absolute atomic E-state index is 12.8. The van der Waals surface area contributed by atoms with Crippen molar-refractivity contribution in [2.24, 2.45) is 0 Å². The topological polar surface area (TPSA) is 57.5 Å². The Balaban J connectivity index is 2.27. The molecule has 2 N–H and O–H groups in total. The molecule has 5 heteroatoms. The molecule has 3 nitrogen and oxygen atoms in total. The summed E-state index contributed by atoms with van der Waals surface area (Å²) in [5, 5.41) is 23.5. The van der Waals surface area contributed by atoms with Gasteiger partial charge in [-0.15, -0.1) is 22.7 Å². The molecule has 0 spiro atoms. The predicted octanol–water partition coefficient (Wildman–Crippen LogP) is 4.39. The lowest BCUT2D eigenvalue weighted by atomic mass is 9.89. The van der Waals surface area contributed by atoms with Crippen LogP contribution < -0.4 is 0 Å². The van der Waals surface area contributed by atoms with E-state index in [2.05, 4.69) is 0 Å². The molecular weight excluding hydrogens is 316 g/mol. The van der Waals surface area contributed by atoms with E-state index in [9.17, 15) is 15.0 Å². The average molecular weight is 338 g/mol. The van der Waals surface area contributed by atoms with E-state index < -0.39 is 12.2 Å². The van der Waals surface area contributed by atoms with E-state index in [0.717, 1.165) is 20.9 Å². The number of hydrogen-bond acceptors (Lipinski definition) is 5. The lowest BCUT2D eigenvalue weighted by molar-refractivity contribution is -0.121. The number of carbonyl (C=O) groups excluding carboxylic acids is 1. The average Bonchev–Trinajstić information content (AvgIpc) is 3.12. The van der Waals surface area contributed by atoms with E-state index in [1.54, 1.807) is 13.8 Å². The van der Waals surface area contributed by atoms with Crippen molar-refractivity contribution in [3.63, 3.8) is 0 Å². The van der Waals surface area contributed by atoms with Crippen LogP contribution in [0.2, 0.25) is 0 Å². The first kappa shape index (κ1) is 17.3. The molecule has 0 aliphatic carbocycles. The minimum atomic E-state index is -0.568. The van der Waals surface area contributed by atoms with Crippen molar-refractivity contribution >= 4 is 28.5 Å². The first-order chi connectivity index (χ1) is 10.3. The summed E-state index contributed by atoms with van der Waals surface area (Å²) in [4.78, 5) is 14.7. The fourth-order valence-electron chi connectivity index (χ4n) is 2.69. The molecule has 120 valence electrons. The standard InChI is InChI=1S/C17H22O3S2/c1-9(16-13(11(3)18)5-7-21-16)15(20)10(2)17-14(12(4)19)6-8-22-17/h5-12,18-19H,1-4H3. The Morgan fingerprint density at radius 2 is 1.23 bits per heavy atom. The number of aliphatic hydroxyl groups is 2. The molecule has 0 amide bonds. The molecule has 4 unspecified atom stereocenters. The SMILES string of the molecule is CC(O)c1ccsc1C(C)C(=O)C(C)c1sccc1C(C)O. The summed E-state index contributed by atoms with van der Waals surface area (Å²) < 4.78 is 0. The number of ketones is 1. The van der Waals surface area contributed by atoms with Crippen LogP contribution in [-0.2, 0) is 4.79 Å². The molecule has 2 aromatic rings. The van der Waals surface area contributed by atoms with Gasteiger partial charge in [-0.1, -0.05) is 13.8 Å². The first-order valence-electron chi connectivity index (χ1n) is 7.39. The highest BCUT2D eigenvalue weighted by atomic mass is 32.1. The summed E-state index contributed by atoms with van der Waals surface area (Å²) in [5.74, 6) is -0.402. The zero-order chi connectivity index (χ0) is 16.4. The van der Waals surface area contributed by atoms with E-state index in [1.807, 2.05) is 36.7 Å². The Bertz CT molecular complexity index is 586. The minimum Gasteiger partial charge on any atom is -0.389 e. The molecule has 2 rings (SSSR count). The van der Waals surface area contributed by atoms with Crippen molar-refractivity contribution in [2.45, 2.75) is 51.7 Å². The molecular formula is C17H22O3S2. The summed E-state index contributed by atoms with van der Waals surface area (Å²) in [6.07, 6.45) is -1.14. The highest BCUT2D eigenvalue weighted by molar-refractivity contribution is 7.10. The molecule has 0 fully saturated rings. The van der Waals surface area contributed by atoms with Crippen LogP contribution in [-0.4, -0.2) is 16.0 Å². The van der Waals surface area contributed by atoms with Gasteiger partial charge in [0.05, 0.1) is 24.0 Å². The second-order valence-corrected chi connectivity index (χ2v) is 7.57. The highest BCUT2D eigenvalue weighted by Crippen LogP contribution is 2.37. The maximum atomic E-state index is 12.8. The fraction of sp³-hybridized carbons (Fsp3) is 0.471. The molecule has 0 bridgehead atoms. The third-order valence-electron chi connectivity index (χ3n) is 3.99. The van der Waals surface area contributed by atoms with Gasteiger partial charge < -0.3 is 10.2 Å². The van der Waals surface area contributed by atoms with Gasteiger partial charge in [-0.05, 0) is 47.9 Å². The second kappa shape index (κ2) is 7.04. The van der Waals surface area contributed by atoms with Gasteiger partial charge in [0.1, 0.15) is 5.78 Å². The van der Waals surface area contributed by atoms with Crippen LogP contribution in [0.4, 0.5) is 0 Å². The number of hydrogen-bond donors (Lipinski definition) is 2. The Labute approximate surface area is 139 Å². The van der Waals surface area contributed by atoms with Gasteiger partial charge in [0.25, 0.3) is 0 Å². The Kier molecular flexibility index (Phi) is 5.55. The van der Waals surface area contributed by atoms with E-state index in [4.69, 9.17) is 0 Å². The van der Waals surface area contributed by atoms with Gasteiger partial charge in [-0.2, -0.15) is 0 Å². The summed E-state index contributed by atoms with van der Waals surface area (Å²) in [5.41, 5.74) is 1.67. The highest BCUT2D eigenvalue weighted by Gasteiger charge is 2.29. The summed E-state index contributed by atoms with van der Waals surface area (Å²) >= 11 is 3.03.